The Morgan fingerprint density at radius 1 is 0.739 bits per heavy atom. The van der Waals surface area contributed by atoms with E-state index in [1.165, 1.54) is 25.7 Å². The van der Waals surface area contributed by atoms with Gasteiger partial charge in [-0.25, -0.2) is 0 Å². The molecule has 0 saturated heterocycles. The minimum atomic E-state index is -0.271. The molecule has 4 unspecified atom stereocenters. The van der Waals surface area contributed by atoms with Crippen LogP contribution >= 0.6 is 0 Å². The van der Waals surface area contributed by atoms with Gasteiger partial charge in [-0.05, 0) is 37.6 Å². The molecule has 0 aromatic rings. The zero-order valence-electron chi connectivity index (χ0n) is 16.4. The van der Waals surface area contributed by atoms with Crippen LogP contribution in [0.3, 0.4) is 0 Å². The molecule has 0 aliphatic rings. The summed E-state index contributed by atoms with van der Waals surface area (Å²) in [6.07, 6.45) is 8.35. The van der Waals surface area contributed by atoms with E-state index >= 15 is 0 Å². The van der Waals surface area contributed by atoms with Gasteiger partial charge in [0.2, 0.25) is 0 Å². The lowest BCUT2D eigenvalue weighted by molar-refractivity contribution is 0.0503. The van der Waals surface area contributed by atoms with E-state index in [1.807, 2.05) is 0 Å². The van der Waals surface area contributed by atoms with Crippen molar-refractivity contribution in [1.82, 2.24) is 4.90 Å². The van der Waals surface area contributed by atoms with Gasteiger partial charge in [-0.1, -0.05) is 66.7 Å². The Morgan fingerprint density at radius 2 is 1.22 bits per heavy atom. The maximum Gasteiger partial charge on any atom is 0.0669 e. The molecule has 140 valence electrons. The Kier molecular flexibility index (Phi) is 14.2. The Balaban J connectivity index is 4.36. The number of hydrogen-bond donors (Lipinski definition) is 2. The van der Waals surface area contributed by atoms with E-state index in [9.17, 15) is 10.2 Å². The molecule has 3 heteroatoms. The van der Waals surface area contributed by atoms with Crippen LogP contribution in [0.5, 0.6) is 0 Å². The molecule has 0 aliphatic carbocycles. The van der Waals surface area contributed by atoms with Crippen LogP contribution in [0.1, 0.15) is 86.0 Å². The predicted molar refractivity (Wildman–Crippen MR) is 101 cm³/mol. The summed E-state index contributed by atoms with van der Waals surface area (Å²) in [6, 6.07) is 0. The molecule has 0 aliphatic heterocycles. The molecule has 0 aromatic carbocycles. The van der Waals surface area contributed by atoms with Gasteiger partial charge in [-0.15, -0.1) is 0 Å². The van der Waals surface area contributed by atoms with Crippen molar-refractivity contribution in [3.63, 3.8) is 0 Å². The third-order valence-electron chi connectivity index (χ3n) is 5.01. The first-order chi connectivity index (χ1) is 10.9. The van der Waals surface area contributed by atoms with Gasteiger partial charge in [0.05, 0.1) is 12.2 Å². The first kappa shape index (κ1) is 22.9. The van der Waals surface area contributed by atoms with Crippen molar-refractivity contribution >= 4 is 0 Å². The molecular formula is C20H43NO2. The standard InChI is InChI=1S/C20H43NO2/c1-6-9-10-11-12-21(15-19(22)13-17(4)7-2)16-20(23)14-18(5)8-3/h17-20,22-23H,6-16H2,1-5H3. The van der Waals surface area contributed by atoms with Crippen LogP contribution in [0, 0.1) is 11.8 Å². The quantitative estimate of drug-likeness (QED) is 0.436. The Hall–Kier alpha value is -0.120. The minimum Gasteiger partial charge on any atom is -0.392 e. The van der Waals surface area contributed by atoms with E-state index in [0.717, 1.165) is 32.2 Å². The van der Waals surface area contributed by atoms with Crippen LogP contribution < -0.4 is 0 Å². The molecule has 0 saturated carbocycles. The third-order valence-corrected chi connectivity index (χ3v) is 5.01. The normalized spacial score (nSPS) is 17.2. The summed E-state index contributed by atoms with van der Waals surface area (Å²) >= 11 is 0. The van der Waals surface area contributed by atoms with E-state index in [0.29, 0.717) is 24.9 Å². The van der Waals surface area contributed by atoms with Crippen molar-refractivity contribution in [2.45, 2.75) is 98.2 Å². The van der Waals surface area contributed by atoms with Gasteiger partial charge in [-0.3, -0.25) is 4.90 Å². The highest BCUT2D eigenvalue weighted by molar-refractivity contribution is 4.72. The molecule has 0 amide bonds. The topological polar surface area (TPSA) is 43.7 Å². The first-order valence-electron chi connectivity index (χ1n) is 10.0. The summed E-state index contributed by atoms with van der Waals surface area (Å²) in [7, 11) is 0. The van der Waals surface area contributed by atoms with Crippen molar-refractivity contribution in [2.75, 3.05) is 19.6 Å². The summed E-state index contributed by atoms with van der Waals surface area (Å²) in [5, 5.41) is 20.7. The average Bonchev–Trinajstić information content (AvgIpc) is 2.50. The zero-order chi connectivity index (χ0) is 17.7. The molecule has 0 spiro atoms. The average molecular weight is 330 g/mol. The van der Waals surface area contributed by atoms with Gasteiger partial charge in [-0.2, -0.15) is 0 Å². The molecule has 0 heterocycles. The van der Waals surface area contributed by atoms with Gasteiger partial charge in [0.15, 0.2) is 0 Å². The van der Waals surface area contributed by atoms with E-state index in [1.54, 1.807) is 0 Å². The lowest BCUT2D eigenvalue weighted by atomic mass is 9.99. The highest BCUT2D eigenvalue weighted by Gasteiger charge is 2.18. The number of rotatable bonds is 15. The molecule has 0 aromatic heterocycles. The van der Waals surface area contributed by atoms with Gasteiger partial charge < -0.3 is 10.2 Å². The summed E-state index contributed by atoms with van der Waals surface area (Å²) in [4.78, 5) is 2.29. The van der Waals surface area contributed by atoms with Gasteiger partial charge in [0.25, 0.3) is 0 Å². The fraction of sp³-hybridized carbons (Fsp3) is 1.00. The lowest BCUT2D eigenvalue weighted by Crippen LogP contribution is -2.39. The fourth-order valence-electron chi connectivity index (χ4n) is 3.03. The maximum atomic E-state index is 10.3. The van der Waals surface area contributed by atoms with Crippen LogP contribution in [0.25, 0.3) is 0 Å². The highest BCUT2D eigenvalue weighted by Crippen LogP contribution is 2.14. The number of hydrogen-bond acceptors (Lipinski definition) is 3. The largest absolute Gasteiger partial charge is 0.392 e. The van der Waals surface area contributed by atoms with Gasteiger partial charge in [0, 0.05) is 13.1 Å². The second kappa shape index (κ2) is 14.2. The van der Waals surface area contributed by atoms with Crippen molar-refractivity contribution in [3.8, 4) is 0 Å². The third kappa shape index (κ3) is 12.9. The SMILES string of the molecule is CCCCCCN(CC(O)CC(C)CC)CC(O)CC(C)CC. The molecule has 0 bridgehead atoms. The molecule has 2 N–H and O–H groups in total. The Morgan fingerprint density at radius 3 is 1.61 bits per heavy atom. The maximum absolute atomic E-state index is 10.3. The monoisotopic (exact) mass is 329 g/mol. The summed E-state index contributed by atoms with van der Waals surface area (Å²) < 4.78 is 0. The molecule has 0 radical (unpaired) electrons. The zero-order valence-corrected chi connectivity index (χ0v) is 16.4. The van der Waals surface area contributed by atoms with Crippen LogP contribution in [0.4, 0.5) is 0 Å². The number of aliphatic hydroxyl groups is 2. The van der Waals surface area contributed by atoms with Crippen molar-refractivity contribution in [1.29, 1.82) is 0 Å². The van der Waals surface area contributed by atoms with Gasteiger partial charge >= 0.3 is 0 Å². The fourth-order valence-corrected chi connectivity index (χ4v) is 3.03. The second-order valence-corrected chi connectivity index (χ2v) is 7.63. The van der Waals surface area contributed by atoms with Crippen LogP contribution in [0.15, 0.2) is 0 Å². The van der Waals surface area contributed by atoms with E-state index in [4.69, 9.17) is 0 Å². The predicted octanol–water partition coefficient (Wildman–Crippen LogP) is 4.46. The summed E-state index contributed by atoms with van der Waals surface area (Å²) in [5.74, 6) is 1.13. The molecule has 0 rings (SSSR count). The van der Waals surface area contributed by atoms with Crippen molar-refractivity contribution < 1.29 is 10.2 Å². The molecule has 0 fully saturated rings. The molecule has 3 nitrogen and oxygen atoms in total. The molecular weight excluding hydrogens is 286 g/mol. The van der Waals surface area contributed by atoms with Crippen molar-refractivity contribution in [2.24, 2.45) is 11.8 Å². The van der Waals surface area contributed by atoms with Gasteiger partial charge in [0.1, 0.15) is 0 Å². The van der Waals surface area contributed by atoms with Crippen molar-refractivity contribution in [3.05, 3.63) is 0 Å². The number of unbranched alkanes of at least 4 members (excludes halogenated alkanes) is 3. The Bertz CT molecular complexity index is 240. The number of aliphatic hydroxyl groups excluding tert-OH is 2. The highest BCUT2D eigenvalue weighted by atomic mass is 16.3. The summed E-state index contributed by atoms with van der Waals surface area (Å²) in [5.41, 5.74) is 0. The van der Waals surface area contributed by atoms with Crippen LogP contribution in [0.2, 0.25) is 0 Å². The van der Waals surface area contributed by atoms with Crippen LogP contribution in [-0.4, -0.2) is 47.0 Å². The van der Waals surface area contributed by atoms with E-state index < -0.39 is 0 Å². The smallest absolute Gasteiger partial charge is 0.0669 e. The van der Waals surface area contributed by atoms with E-state index in [2.05, 4.69) is 39.5 Å². The summed E-state index contributed by atoms with van der Waals surface area (Å²) in [6.45, 7) is 13.4. The lowest BCUT2D eigenvalue weighted by Gasteiger charge is -2.29. The van der Waals surface area contributed by atoms with E-state index in [-0.39, 0.29) is 12.2 Å². The first-order valence-corrected chi connectivity index (χ1v) is 10.0. The second-order valence-electron chi connectivity index (χ2n) is 7.63. The minimum absolute atomic E-state index is 0.271. The molecule has 4 atom stereocenters. The Labute approximate surface area is 145 Å². The van der Waals surface area contributed by atoms with Crippen LogP contribution in [-0.2, 0) is 0 Å². The number of nitrogens with zero attached hydrogens (tertiary/aromatic N) is 1. The molecule has 23 heavy (non-hydrogen) atoms.